The first-order chi connectivity index (χ1) is 11.4. The Morgan fingerprint density at radius 2 is 1.96 bits per heavy atom. The Kier molecular flexibility index (Phi) is 5.64. The number of hydrogen-bond acceptors (Lipinski definition) is 1. The lowest BCUT2D eigenvalue weighted by molar-refractivity contribution is 0.0950. The van der Waals surface area contributed by atoms with Crippen molar-refractivity contribution in [3.63, 3.8) is 0 Å². The van der Waals surface area contributed by atoms with E-state index in [2.05, 4.69) is 11.9 Å². The first-order valence-electron chi connectivity index (χ1n) is 7.55. The number of carbonyl (C=O) groups excluding carboxylic acids is 1. The van der Waals surface area contributed by atoms with Gasteiger partial charge in [-0.05, 0) is 43.2 Å². The topological polar surface area (TPSA) is 29.1 Å². The van der Waals surface area contributed by atoms with Crippen LogP contribution in [0.2, 0.25) is 0 Å². The predicted molar refractivity (Wildman–Crippen MR) is 92.7 cm³/mol. The third-order valence-electron chi connectivity index (χ3n) is 3.79. The van der Waals surface area contributed by atoms with E-state index >= 15 is 0 Å². The summed E-state index contributed by atoms with van der Waals surface area (Å²) in [6.07, 6.45) is 5.31. The fraction of sp³-hybridized carbons (Fsp3) is 0.150. The van der Waals surface area contributed by atoms with Crippen LogP contribution in [0, 0.1) is 25.5 Å². The van der Waals surface area contributed by atoms with Gasteiger partial charge in [0.25, 0.3) is 5.91 Å². The van der Waals surface area contributed by atoms with Crippen molar-refractivity contribution in [2.75, 3.05) is 0 Å². The van der Waals surface area contributed by atoms with Gasteiger partial charge < -0.3 is 5.32 Å². The molecule has 0 radical (unpaired) electrons. The first kappa shape index (κ1) is 17.6. The molecule has 4 heteroatoms. The number of benzene rings is 2. The van der Waals surface area contributed by atoms with E-state index in [0.29, 0.717) is 5.56 Å². The maximum Gasteiger partial charge on any atom is 0.251 e. The van der Waals surface area contributed by atoms with Crippen molar-refractivity contribution in [1.29, 1.82) is 0 Å². The lowest BCUT2D eigenvalue weighted by atomic mass is 10.0. The van der Waals surface area contributed by atoms with E-state index in [1.807, 2.05) is 19.1 Å². The van der Waals surface area contributed by atoms with Gasteiger partial charge in [0.15, 0.2) is 0 Å². The van der Waals surface area contributed by atoms with Crippen molar-refractivity contribution < 1.29 is 13.6 Å². The molecule has 0 heterocycles. The second kappa shape index (κ2) is 7.68. The predicted octanol–water partition coefficient (Wildman–Crippen LogP) is 4.71. The van der Waals surface area contributed by atoms with Gasteiger partial charge in [-0.1, -0.05) is 36.9 Å². The summed E-state index contributed by atoms with van der Waals surface area (Å²) in [5.74, 6) is -1.54. The van der Waals surface area contributed by atoms with Gasteiger partial charge in [-0.2, -0.15) is 0 Å². The standard InChI is InChI=1S/C20H19F2NO/c1-4-5-6-15-11-16(8-7-13(15)2)20(24)23-12-17-9-10-18(21)14(3)19(17)22/h4-11H,1,12H2,2-3H3,(H,23,24)/b6-5-. The van der Waals surface area contributed by atoms with E-state index in [0.717, 1.165) is 11.1 Å². The lowest BCUT2D eigenvalue weighted by Gasteiger charge is -2.10. The van der Waals surface area contributed by atoms with Crippen LogP contribution in [0.3, 0.4) is 0 Å². The van der Waals surface area contributed by atoms with Crippen LogP contribution in [0.5, 0.6) is 0 Å². The highest BCUT2D eigenvalue weighted by atomic mass is 19.1. The van der Waals surface area contributed by atoms with Crippen LogP contribution in [0.1, 0.15) is 32.6 Å². The summed E-state index contributed by atoms with van der Waals surface area (Å²) in [5, 5.41) is 2.66. The second-order valence-electron chi connectivity index (χ2n) is 5.49. The summed E-state index contributed by atoms with van der Waals surface area (Å²) in [7, 11) is 0. The van der Waals surface area contributed by atoms with E-state index in [9.17, 15) is 13.6 Å². The summed E-state index contributed by atoms with van der Waals surface area (Å²) in [6.45, 7) is 6.93. The number of aryl methyl sites for hydroxylation is 1. The number of rotatable bonds is 5. The van der Waals surface area contributed by atoms with E-state index in [-0.39, 0.29) is 23.6 Å². The number of hydrogen-bond donors (Lipinski definition) is 1. The van der Waals surface area contributed by atoms with Crippen LogP contribution in [0.4, 0.5) is 8.78 Å². The average Bonchev–Trinajstić information content (AvgIpc) is 2.58. The average molecular weight is 327 g/mol. The summed E-state index contributed by atoms with van der Waals surface area (Å²) >= 11 is 0. The molecule has 2 aromatic carbocycles. The Balaban J connectivity index is 2.15. The molecular formula is C20H19F2NO. The van der Waals surface area contributed by atoms with Crippen LogP contribution in [-0.4, -0.2) is 5.91 Å². The molecule has 124 valence electrons. The highest BCUT2D eigenvalue weighted by Crippen LogP contribution is 2.16. The normalized spacial score (nSPS) is 10.8. The van der Waals surface area contributed by atoms with Crippen LogP contribution in [0.15, 0.2) is 49.1 Å². The van der Waals surface area contributed by atoms with Gasteiger partial charge in [0.2, 0.25) is 0 Å². The number of amides is 1. The summed E-state index contributed by atoms with van der Waals surface area (Å²) in [6, 6.07) is 7.86. The zero-order valence-electron chi connectivity index (χ0n) is 13.7. The Bertz CT molecular complexity index is 810. The van der Waals surface area contributed by atoms with Crippen molar-refractivity contribution >= 4 is 12.0 Å². The van der Waals surface area contributed by atoms with Crippen molar-refractivity contribution in [3.05, 3.63) is 88.5 Å². The van der Waals surface area contributed by atoms with Gasteiger partial charge in [0.05, 0.1) is 0 Å². The molecule has 24 heavy (non-hydrogen) atoms. The van der Waals surface area contributed by atoms with Gasteiger partial charge in [0.1, 0.15) is 11.6 Å². The molecule has 0 aliphatic heterocycles. The van der Waals surface area contributed by atoms with Gasteiger partial charge in [-0.15, -0.1) is 0 Å². The number of allylic oxidation sites excluding steroid dienone is 2. The smallest absolute Gasteiger partial charge is 0.251 e. The Morgan fingerprint density at radius 3 is 2.67 bits per heavy atom. The van der Waals surface area contributed by atoms with Crippen LogP contribution >= 0.6 is 0 Å². The zero-order valence-corrected chi connectivity index (χ0v) is 13.7. The largest absolute Gasteiger partial charge is 0.348 e. The molecule has 0 unspecified atom stereocenters. The van der Waals surface area contributed by atoms with E-state index in [1.54, 1.807) is 24.3 Å². The minimum atomic E-state index is -0.631. The monoisotopic (exact) mass is 327 g/mol. The number of nitrogens with one attached hydrogen (secondary N) is 1. The highest BCUT2D eigenvalue weighted by Gasteiger charge is 2.12. The zero-order chi connectivity index (χ0) is 17.7. The summed E-state index contributed by atoms with van der Waals surface area (Å²) in [4.78, 5) is 12.3. The molecule has 0 atom stereocenters. The Labute approximate surface area is 140 Å². The molecule has 1 N–H and O–H groups in total. The highest BCUT2D eigenvalue weighted by molar-refractivity contribution is 5.94. The van der Waals surface area contributed by atoms with Crippen molar-refractivity contribution in [2.45, 2.75) is 20.4 Å². The molecule has 0 aromatic heterocycles. The maximum absolute atomic E-state index is 14.0. The Hall–Kier alpha value is -2.75. The van der Waals surface area contributed by atoms with E-state index < -0.39 is 11.6 Å². The molecule has 0 saturated heterocycles. The fourth-order valence-electron chi connectivity index (χ4n) is 2.26. The maximum atomic E-state index is 14.0. The third-order valence-corrected chi connectivity index (χ3v) is 3.79. The van der Waals surface area contributed by atoms with Crippen LogP contribution < -0.4 is 5.32 Å². The van der Waals surface area contributed by atoms with Crippen LogP contribution in [-0.2, 0) is 6.54 Å². The fourth-order valence-corrected chi connectivity index (χ4v) is 2.26. The molecule has 0 bridgehead atoms. The second-order valence-corrected chi connectivity index (χ2v) is 5.49. The molecule has 2 aromatic rings. The van der Waals surface area contributed by atoms with Crippen LogP contribution in [0.25, 0.3) is 6.08 Å². The summed E-state index contributed by atoms with van der Waals surface area (Å²) < 4.78 is 27.2. The van der Waals surface area contributed by atoms with Crippen molar-refractivity contribution in [1.82, 2.24) is 5.32 Å². The van der Waals surface area contributed by atoms with Crippen molar-refractivity contribution in [2.24, 2.45) is 0 Å². The molecule has 2 nitrogen and oxygen atoms in total. The van der Waals surface area contributed by atoms with Crippen molar-refractivity contribution in [3.8, 4) is 0 Å². The quantitative estimate of drug-likeness (QED) is 0.792. The van der Waals surface area contributed by atoms with E-state index in [4.69, 9.17) is 0 Å². The molecule has 0 saturated carbocycles. The Morgan fingerprint density at radius 1 is 1.21 bits per heavy atom. The minimum Gasteiger partial charge on any atom is -0.348 e. The molecular weight excluding hydrogens is 308 g/mol. The molecule has 0 aliphatic rings. The minimum absolute atomic E-state index is 0.00249. The molecule has 2 rings (SSSR count). The third kappa shape index (κ3) is 3.96. The SMILES string of the molecule is C=C/C=C\c1cc(C(=O)NCc2ccc(F)c(C)c2F)ccc1C. The van der Waals surface area contributed by atoms with Gasteiger partial charge in [0, 0.05) is 23.2 Å². The molecule has 0 spiro atoms. The molecule has 0 fully saturated rings. The molecule has 0 aliphatic carbocycles. The summed E-state index contributed by atoms with van der Waals surface area (Å²) in [5.41, 5.74) is 2.62. The van der Waals surface area contributed by atoms with E-state index in [1.165, 1.54) is 19.1 Å². The number of carbonyl (C=O) groups is 1. The first-order valence-corrected chi connectivity index (χ1v) is 7.55. The molecule has 1 amide bonds. The number of halogens is 2. The van der Waals surface area contributed by atoms with Gasteiger partial charge in [-0.3, -0.25) is 4.79 Å². The van der Waals surface area contributed by atoms with Gasteiger partial charge >= 0.3 is 0 Å². The lowest BCUT2D eigenvalue weighted by Crippen LogP contribution is -2.23. The van der Waals surface area contributed by atoms with Gasteiger partial charge in [-0.25, -0.2) is 8.78 Å².